The normalized spacial score (nSPS) is 17.3. The summed E-state index contributed by atoms with van der Waals surface area (Å²) in [6.07, 6.45) is -4.42. The lowest BCUT2D eigenvalue weighted by Gasteiger charge is -2.22. The van der Waals surface area contributed by atoms with Crippen LogP contribution in [0.15, 0.2) is 30.6 Å². The number of carboxylic acid groups (broad SMARTS) is 2. The van der Waals surface area contributed by atoms with Crippen LogP contribution < -0.4 is 4.72 Å². The van der Waals surface area contributed by atoms with Gasteiger partial charge < -0.3 is 14.9 Å². The zero-order valence-electron chi connectivity index (χ0n) is 19.2. The number of hydrogen-bond donors (Lipinski definition) is 3. The monoisotopic (exact) mass is 576 g/mol. The number of nitrogens with one attached hydrogen (secondary N) is 1. The summed E-state index contributed by atoms with van der Waals surface area (Å²) in [4.78, 5) is 22.1. The third kappa shape index (κ3) is 9.90. The molecule has 11 nitrogen and oxygen atoms in total. The van der Waals surface area contributed by atoms with Gasteiger partial charge in [-0.1, -0.05) is 6.07 Å². The van der Waals surface area contributed by atoms with Crippen LogP contribution in [0.2, 0.25) is 0 Å². The van der Waals surface area contributed by atoms with Crippen LogP contribution in [0.25, 0.3) is 0 Å². The van der Waals surface area contributed by atoms with E-state index in [0.29, 0.717) is 13.2 Å². The molecule has 2 aliphatic rings. The molecule has 0 aromatic carbocycles. The number of fused-ring (bicyclic) bond motifs is 1. The van der Waals surface area contributed by atoms with Gasteiger partial charge in [0.2, 0.25) is 10.0 Å². The SMILES string of the molecule is O=C(O)C(F)(F)F.O=C(O)C(F)(F)F.O=S(=O)(NCC1OCCc2cn(Cc3ccccn3)nc21)C1CC1. The molecule has 0 spiro atoms. The average Bonchev–Trinajstić information content (AvgIpc) is 3.59. The van der Waals surface area contributed by atoms with Crippen LogP contribution in [-0.2, 0) is 37.3 Å². The number of carbonyl (C=O) groups is 2. The molecule has 1 aliphatic carbocycles. The molecule has 3 N–H and O–H groups in total. The van der Waals surface area contributed by atoms with Crippen molar-refractivity contribution in [3.63, 3.8) is 0 Å². The Balaban J connectivity index is 0.000000301. The van der Waals surface area contributed by atoms with E-state index in [-0.39, 0.29) is 17.9 Å². The number of aromatic nitrogens is 3. The van der Waals surface area contributed by atoms with Gasteiger partial charge in [0.25, 0.3) is 0 Å². The molecule has 0 saturated heterocycles. The number of aliphatic carboxylic acids is 2. The van der Waals surface area contributed by atoms with E-state index >= 15 is 0 Å². The molecule has 212 valence electrons. The van der Waals surface area contributed by atoms with Gasteiger partial charge >= 0.3 is 24.3 Å². The summed E-state index contributed by atoms with van der Waals surface area (Å²) in [6, 6.07) is 5.79. The summed E-state index contributed by atoms with van der Waals surface area (Å²) in [7, 11) is -3.21. The van der Waals surface area contributed by atoms with Gasteiger partial charge in [0, 0.05) is 18.9 Å². The first-order valence-corrected chi connectivity index (χ1v) is 12.2. The molecule has 0 radical (unpaired) electrons. The van der Waals surface area contributed by atoms with E-state index < -0.39 is 34.3 Å². The predicted molar refractivity (Wildman–Crippen MR) is 115 cm³/mol. The fourth-order valence-electron chi connectivity index (χ4n) is 2.91. The Hall–Kier alpha value is -3.25. The molecule has 1 unspecified atom stereocenters. The van der Waals surface area contributed by atoms with Crippen LogP contribution in [0.5, 0.6) is 0 Å². The minimum Gasteiger partial charge on any atom is -0.475 e. The Morgan fingerprint density at radius 3 is 2.13 bits per heavy atom. The zero-order chi connectivity index (χ0) is 28.7. The van der Waals surface area contributed by atoms with Crippen molar-refractivity contribution in [3.05, 3.63) is 47.5 Å². The maximum absolute atomic E-state index is 12.0. The molecule has 0 amide bonds. The molecule has 1 fully saturated rings. The smallest absolute Gasteiger partial charge is 0.475 e. The number of ether oxygens (including phenoxy) is 1. The summed E-state index contributed by atoms with van der Waals surface area (Å²) in [5.74, 6) is -5.51. The van der Waals surface area contributed by atoms with E-state index in [2.05, 4.69) is 14.8 Å². The second-order valence-corrected chi connectivity index (χ2v) is 9.91. The summed E-state index contributed by atoms with van der Waals surface area (Å²) >= 11 is 0. The van der Waals surface area contributed by atoms with Crippen LogP contribution in [0.1, 0.15) is 35.9 Å². The molecule has 2 aromatic rings. The van der Waals surface area contributed by atoms with E-state index in [1.807, 2.05) is 29.1 Å². The number of sulfonamides is 1. The minimum atomic E-state index is -5.08. The number of carboxylic acids is 2. The quantitative estimate of drug-likeness (QED) is 0.439. The standard InChI is InChI=1S/C16H20N4O3S.2C2HF3O2/c21-24(22,14-4-5-14)18-9-15-16-12(6-8-23-15)10-20(19-16)11-13-3-1-2-7-17-13;2*3-2(4,5)1(6)7/h1-3,7,10,14-15,18H,4-6,8-9,11H2;2*(H,6,7). The van der Waals surface area contributed by atoms with Gasteiger partial charge in [-0.25, -0.2) is 22.7 Å². The molecule has 1 aliphatic heterocycles. The molecular formula is C20H22F6N4O7S. The lowest BCUT2D eigenvalue weighted by Crippen LogP contribution is -2.33. The molecule has 38 heavy (non-hydrogen) atoms. The molecule has 18 heteroatoms. The van der Waals surface area contributed by atoms with Crippen molar-refractivity contribution in [3.8, 4) is 0 Å². The van der Waals surface area contributed by atoms with Crippen molar-refractivity contribution < 1.29 is 59.3 Å². The minimum absolute atomic E-state index is 0.220. The number of pyridine rings is 1. The second kappa shape index (κ2) is 12.5. The van der Waals surface area contributed by atoms with Gasteiger partial charge in [-0.15, -0.1) is 0 Å². The molecule has 1 atom stereocenters. The first-order valence-electron chi connectivity index (χ1n) is 10.7. The predicted octanol–water partition coefficient (Wildman–Crippen LogP) is 2.29. The molecular weight excluding hydrogens is 554 g/mol. The highest BCUT2D eigenvalue weighted by molar-refractivity contribution is 7.90. The largest absolute Gasteiger partial charge is 0.490 e. The highest BCUT2D eigenvalue weighted by atomic mass is 32.2. The molecule has 1 saturated carbocycles. The summed E-state index contributed by atoms with van der Waals surface area (Å²) < 4.78 is 97.7. The van der Waals surface area contributed by atoms with E-state index in [0.717, 1.165) is 36.2 Å². The summed E-state index contributed by atoms with van der Waals surface area (Å²) in [6.45, 7) is 1.42. The lowest BCUT2D eigenvalue weighted by atomic mass is 10.1. The molecule has 2 aromatic heterocycles. The summed E-state index contributed by atoms with van der Waals surface area (Å²) in [5.41, 5.74) is 2.88. The van der Waals surface area contributed by atoms with Crippen molar-refractivity contribution in [1.29, 1.82) is 0 Å². The van der Waals surface area contributed by atoms with Crippen molar-refractivity contribution in [2.75, 3.05) is 13.2 Å². The topological polar surface area (TPSA) is 161 Å². The first kappa shape index (κ1) is 31.0. The second-order valence-electron chi connectivity index (χ2n) is 7.87. The van der Waals surface area contributed by atoms with E-state index in [4.69, 9.17) is 24.5 Å². The first-order chi connectivity index (χ1) is 17.5. The van der Waals surface area contributed by atoms with Crippen LogP contribution in [0, 0.1) is 0 Å². The number of hydrogen-bond acceptors (Lipinski definition) is 7. The van der Waals surface area contributed by atoms with Gasteiger partial charge in [0.15, 0.2) is 0 Å². The van der Waals surface area contributed by atoms with Crippen LogP contribution in [0.4, 0.5) is 26.3 Å². The Bertz CT molecular complexity index is 1170. The third-order valence-corrected chi connectivity index (χ3v) is 6.75. The van der Waals surface area contributed by atoms with Crippen molar-refractivity contribution >= 4 is 22.0 Å². The average molecular weight is 576 g/mol. The van der Waals surface area contributed by atoms with Crippen molar-refractivity contribution in [2.45, 2.75) is 49.5 Å². The summed E-state index contributed by atoms with van der Waals surface area (Å²) in [5, 5.41) is 18.6. The van der Waals surface area contributed by atoms with Gasteiger partial charge in [-0.2, -0.15) is 31.4 Å². The van der Waals surface area contributed by atoms with E-state index in [9.17, 15) is 34.8 Å². The molecule has 4 rings (SSSR count). The third-order valence-electron chi connectivity index (χ3n) is 4.83. The van der Waals surface area contributed by atoms with Crippen LogP contribution in [-0.4, -0.2) is 76.1 Å². The fraction of sp³-hybridized carbons (Fsp3) is 0.500. The highest BCUT2D eigenvalue weighted by Crippen LogP contribution is 2.29. The Labute approximate surface area is 211 Å². The highest BCUT2D eigenvalue weighted by Gasteiger charge is 2.39. The lowest BCUT2D eigenvalue weighted by molar-refractivity contribution is -0.193. The number of halogens is 6. The zero-order valence-corrected chi connectivity index (χ0v) is 20.1. The molecule has 3 heterocycles. The van der Waals surface area contributed by atoms with Gasteiger partial charge in [-0.05, 0) is 37.0 Å². The fourth-order valence-corrected chi connectivity index (χ4v) is 4.29. The maximum atomic E-state index is 12.0. The molecule has 0 bridgehead atoms. The number of rotatable bonds is 6. The number of nitrogens with zero attached hydrogens (tertiary/aromatic N) is 3. The van der Waals surface area contributed by atoms with Crippen LogP contribution in [0.3, 0.4) is 0 Å². The van der Waals surface area contributed by atoms with Gasteiger partial charge in [0.1, 0.15) is 6.10 Å². The Kier molecular flexibility index (Phi) is 10.2. The van der Waals surface area contributed by atoms with Gasteiger partial charge in [-0.3, -0.25) is 9.67 Å². The van der Waals surface area contributed by atoms with Crippen LogP contribution >= 0.6 is 0 Å². The van der Waals surface area contributed by atoms with E-state index in [1.54, 1.807) is 6.20 Å². The Morgan fingerprint density at radius 1 is 1.08 bits per heavy atom. The van der Waals surface area contributed by atoms with E-state index in [1.165, 1.54) is 0 Å². The van der Waals surface area contributed by atoms with Crippen molar-refractivity contribution in [1.82, 2.24) is 19.5 Å². The number of alkyl halides is 6. The van der Waals surface area contributed by atoms with Gasteiger partial charge in [0.05, 0.1) is 29.8 Å². The Morgan fingerprint density at radius 2 is 1.66 bits per heavy atom. The van der Waals surface area contributed by atoms with Crippen molar-refractivity contribution in [2.24, 2.45) is 0 Å². The maximum Gasteiger partial charge on any atom is 0.490 e.